The Morgan fingerprint density at radius 2 is 2.33 bits per heavy atom. The Kier molecular flexibility index (Phi) is 3.38. The molecule has 1 saturated heterocycles. The van der Waals surface area contributed by atoms with Gasteiger partial charge in [0.05, 0.1) is 31.3 Å². The number of nitrogens with two attached hydrogens (primary N) is 1. The number of anilines is 1. The molecular formula is C11H15NO2S. The fourth-order valence-electron chi connectivity index (χ4n) is 1.40. The topological polar surface area (TPSA) is 44.5 Å². The summed E-state index contributed by atoms with van der Waals surface area (Å²) in [7, 11) is 1.63. The summed E-state index contributed by atoms with van der Waals surface area (Å²) in [6.07, 6.45) is 0. The van der Waals surface area contributed by atoms with E-state index in [-0.39, 0.29) is 0 Å². The average molecular weight is 225 g/mol. The summed E-state index contributed by atoms with van der Waals surface area (Å²) in [6.45, 7) is 1.77. The maximum absolute atomic E-state index is 5.83. The lowest BCUT2D eigenvalue weighted by Crippen LogP contribution is -2.30. The van der Waals surface area contributed by atoms with Crippen LogP contribution in [0.5, 0.6) is 5.75 Å². The van der Waals surface area contributed by atoms with Gasteiger partial charge in [0.1, 0.15) is 5.75 Å². The summed E-state index contributed by atoms with van der Waals surface area (Å²) in [4.78, 5) is 0. The second-order valence-corrected chi connectivity index (χ2v) is 4.84. The Bertz CT molecular complexity index is 339. The highest BCUT2D eigenvalue weighted by Gasteiger charge is 2.18. The molecule has 0 unspecified atom stereocenters. The van der Waals surface area contributed by atoms with E-state index < -0.39 is 0 Å². The molecule has 2 rings (SSSR count). The highest BCUT2D eigenvalue weighted by molar-refractivity contribution is 7.99. The van der Waals surface area contributed by atoms with Crippen LogP contribution in [0.15, 0.2) is 18.2 Å². The molecule has 1 aliphatic rings. The molecule has 1 aromatic rings. The van der Waals surface area contributed by atoms with Crippen molar-refractivity contribution in [3.05, 3.63) is 23.8 Å². The average Bonchev–Trinajstić information content (AvgIpc) is 2.16. The molecule has 0 spiro atoms. The van der Waals surface area contributed by atoms with Gasteiger partial charge in [0, 0.05) is 5.75 Å². The van der Waals surface area contributed by atoms with E-state index >= 15 is 0 Å². The van der Waals surface area contributed by atoms with Crippen molar-refractivity contribution in [2.45, 2.75) is 11.0 Å². The van der Waals surface area contributed by atoms with E-state index in [0.29, 0.717) is 10.9 Å². The van der Waals surface area contributed by atoms with Crippen LogP contribution < -0.4 is 10.5 Å². The fraction of sp³-hybridized carbons (Fsp3) is 0.455. The number of hydrogen-bond acceptors (Lipinski definition) is 4. The molecule has 15 heavy (non-hydrogen) atoms. The normalized spacial score (nSPS) is 16.1. The molecule has 1 aliphatic heterocycles. The molecule has 3 nitrogen and oxygen atoms in total. The number of hydrogen-bond donors (Lipinski definition) is 1. The van der Waals surface area contributed by atoms with Gasteiger partial charge in [0.15, 0.2) is 0 Å². The molecular weight excluding hydrogens is 210 g/mol. The number of benzene rings is 1. The summed E-state index contributed by atoms with van der Waals surface area (Å²) in [5.41, 5.74) is 7.78. The minimum atomic E-state index is 0.660. The van der Waals surface area contributed by atoms with Gasteiger partial charge >= 0.3 is 0 Å². The minimum Gasteiger partial charge on any atom is -0.495 e. The monoisotopic (exact) mass is 225 g/mol. The van der Waals surface area contributed by atoms with E-state index in [1.54, 1.807) is 7.11 Å². The van der Waals surface area contributed by atoms with Crippen molar-refractivity contribution >= 4 is 17.4 Å². The quantitative estimate of drug-likeness (QED) is 0.795. The SMILES string of the molecule is COc1ccc(CSC2COC2)cc1N. The van der Waals surface area contributed by atoms with Crippen molar-refractivity contribution < 1.29 is 9.47 Å². The van der Waals surface area contributed by atoms with E-state index in [1.165, 1.54) is 5.56 Å². The van der Waals surface area contributed by atoms with E-state index in [4.69, 9.17) is 15.2 Å². The van der Waals surface area contributed by atoms with Gasteiger partial charge in [-0.2, -0.15) is 0 Å². The smallest absolute Gasteiger partial charge is 0.141 e. The summed E-state index contributed by atoms with van der Waals surface area (Å²) in [5, 5.41) is 0.660. The largest absolute Gasteiger partial charge is 0.495 e. The van der Waals surface area contributed by atoms with Crippen molar-refractivity contribution in [1.29, 1.82) is 0 Å². The number of nitrogen functional groups attached to an aromatic ring is 1. The molecule has 1 heterocycles. The van der Waals surface area contributed by atoms with Gasteiger partial charge in [-0.1, -0.05) is 6.07 Å². The van der Waals surface area contributed by atoms with E-state index in [1.807, 2.05) is 23.9 Å². The molecule has 0 amide bonds. The van der Waals surface area contributed by atoms with Crippen LogP contribution in [0, 0.1) is 0 Å². The van der Waals surface area contributed by atoms with Gasteiger partial charge in [0.25, 0.3) is 0 Å². The van der Waals surface area contributed by atoms with Crippen LogP contribution in [-0.2, 0) is 10.5 Å². The molecule has 1 aromatic carbocycles. The summed E-state index contributed by atoms with van der Waals surface area (Å²) in [5.74, 6) is 1.73. The van der Waals surface area contributed by atoms with Crippen LogP contribution in [0.1, 0.15) is 5.56 Å². The van der Waals surface area contributed by atoms with Crippen molar-refractivity contribution in [1.82, 2.24) is 0 Å². The van der Waals surface area contributed by atoms with Gasteiger partial charge in [-0.3, -0.25) is 0 Å². The zero-order valence-corrected chi connectivity index (χ0v) is 9.55. The molecule has 4 heteroatoms. The van der Waals surface area contributed by atoms with Gasteiger partial charge in [0.2, 0.25) is 0 Å². The highest BCUT2D eigenvalue weighted by Crippen LogP contribution is 2.27. The lowest BCUT2D eigenvalue weighted by molar-refractivity contribution is 0.0455. The van der Waals surface area contributed by atoms with E-state index in [9.17, 15) is 0 Å². The summed E-state index contributed by atoms with van der Waals surface area (Å²) in [6, 6.07) is 5.95. The molecule has 1 fully saturated rings. The Hall–Kier alpha value is -0.870. The molecule has 2 N–H and O–H groups in total. The van der Waals surface area contributed by atoms with Crippen LogP contribution in [-0.4, -0.2) is 25.6 Å². The Morgan fingerprint density at radius 1 is 1.53 bits per heavy atom. The standard InChI is InChI=1S/C11H15NO2S/c1-13-11-3-2-8(4-10(11)12)7-15-9-5-14-6-9/h2-4,9H,5-7,12H2,1H3. The second-order valence-electron chi connectivity index (χ2n) is 3.55. The molecule has 82 valence electrons. The number of rotatable bonds is 4. The fourth-order valence-corrected chi connectivity index (χ4v) is 2.39. The van der Waals surface area contributed by atoms with Crippen LogP contribution in [0.4, 0.5) is 5.69 Å². The van der Waals surface area contributed by atoms with E-state index in [2.05, 4.69) is 6.07 Å². The zero-order chi connectivity index (χ0) is 10.7. The third-order valence-electron chi connectivity index (χ3n) is 2.39. The van der Waals surface area contributed by atoms with Crippen molar-refractivity contribution in [2.75, 3.05) is 26.1 Å². The van der Waals surface area contributed by atoms with Crippen LogP contribution in [0.3, 0.4) is 0 Å². The van der Waals surface area contributed by atoms with Gasteiger partial charge in [-0.05, 0) is 17.7 Å². The lowest BCUT2D eigenvalue weighted by Gasteiger charge is -2.25. The summed E-state index contributed by atoms with van der Waals surface area (Å²) < 4.78 is 10.2. The molecule has 0 atom stereocenters. The first-order valence-electron chi connectivity index (χ1n) is 4.91. The zero-order valence-electron chi connectivity index (χ0n) is 8.73. The highest BCUT2D eigenvalue weighted by atomic mass is 32.2. The van der Waals surface area contributed by atoms with Crippen molar-refractivity contribution in [2.24, 2.45) is 0 Å². The molecule has 0 aromatic heterocycles. The van der Waals surface area contributed by atoms with Crippen molar-refractivity contribution in [3.63, 3.8) is 0 Å². The molecule has 0 bridgehead atoms. The number of thioether (sulfide) groups is 1. The minimum absolute atomic E-state index is 0.660. The van der Waals surface area contributed by atoms with Crippen LogP contribution in [0.25, 0.3) is 0 Å². The van der Waals surface area contributed by atoms with Crippen LogP contribution >= 0.6 is 11.8 Å². The number of ether oxygens (including phenoxy) is 2. The third-order valence-corrected chi connectivity index (χ3v) is 3.63. The lowest BCUT2D eigenvalue weighted by atomic mass is 10.2. The predicted molar refractivity (Wildman–Crippen MR) is 63.3 cm³/mol. The molecule has 0 aliphatic carbocycles. The Morgan fingerprint density at radius 3 is 2.87 bits per heavy atom. The molecule has 0 saturated carbocycles. The first kappa shape index (κ1) is 10.6. The predicted octanol–water partition coefficient (Wildman–Crippen LogP) is 1.91. The van der Waals surface area contributed by atoms with Gasteiger partial charge in [-0.15, -0.1) is 11.8 Å². The maximum atomic E-state index is 5.83. The Balaban J connectivity index is 1.93. The van der Waals surface area contributed by atoms with Crippen LogP contribution in [0.2, 0.25) is 0 Å². The first-order chi connectivity index (χ1) is 7.29. The summed E-state index contributed by atoms with van der Waals surface area (Å²) >= 11 is 1.92. The third kappa shape index (κ3) is 2.58. The molecule has 0 radical (unpaired) electrons. The maximum Gasteiger partial charge on any atom is 0.141 e. The number of methoxy groups -OCH3 is 1. The van der Waals surface area contributed by atoms with Gasteiger partial charge in [-0.25, -0.2) is 0 Å². The second kappa shape index (κ2) is 4.77. The van der Waals surface area contributed by atoms with Gasteiger partial charge < -0.3 is 15.2 Å². The van der Waals surface area contributed by atoms with E-state index in [0.717, 1.165) is 24.7 Å². The Labute approximate surface area is 93.9 Å². The van der Waals surface area contributed by atoms with Crippen molar-refractivity contribution in [3.8, 4) is 5.75 Å². The first-order valence-corrected chi connectivity index (χ1v) is 5.96.